The Bertz CT molecular complexity index is 332. The number of H-pyrrole nitrogens is 1. The Morgan fingerprint density at radius 1 is 1.21 bits per heavy atom. The van der Waals surface area contributed by atoms with Gasteiger partial charge in [-0.3, -0.25) is 0 Å². The molecule has 3 fully saturated rings. The molecule has 5 heteroatoms. The summed E-state index contributed by atoms with van der Waals surface area (Å²) in [7, 11) is 0. The van der Waals surface area contributed by atoms with Crippen molar-refractivity contribution >= 4 is 5.95 Å². The molecule has 3 saturated carbocycles. The van der Waals surface area contributed by atoms with Crippen LogP contribution in [-0.2, 0) is 0 Å². The van der Waals surface area contributed by atoms with Gasteiger partial charge in [-0.05, 0) is 48.1 Å². The highest BCUT2D eigenvalue weighted by atomic mass is 15.5. The van der Waals surface area contributed by atoms with Gasteiger partial charge < -0.3 is 5.32 Å². The first-order valence-electron chi connectivity index (χ1n) is 5.43. The molecule has 0 spiro atoms. The number of fused-ring (bicyclic) bond motifs is 5. The lowest BCUT2D eigenvalue weighted by atomic mass is 10.0. The van der Waals surface area contributed by atoms with Crippen LogP contribution < -0.4 is 5.32 Å². The van der Waals surface area contributed by atoms with Crippen LogP contribution in [0.4, 0.5) is 5.95 Å². The molecule has 3 aliphatic rings. The van der Waals surface area contributed by atoms with E-state index in [9.17, 15) is 0 Å². The minimum Gasteiger partial charge on any atom is -0.348 e. The van der Waals surface area contributed by atoms with Crippen LogP contribution in [0.1, 0.15) is 19.3 Å². The fourth-order valence-corrected chi connectivity index (χ4v) is 3.89. The van der Waals surface area contributed by atoms with E-state index in [2.05, 4.69) is 25.9 Å². The van der Waals surface area contributed by atoms with Gasteiger partial charge in [0, 0.05) is 6.04 Å². The molecule has 4 unspecified atom stereocenters. The summed E-state index contributed by atoms with van der Waals surface area (Å²) in [6.45, 7) is 0. The van der Waals surface area contributed by atoms with Gasteiger partial charge in [-0.15, -0.1) is 5.10 Å². The van der Waals surface area contributed by atoms with Gasteiger partial charge in [0.15, 0.2) is 0 Å². The normalized spacial score (nSPS) is 47.9. The van der Waals surface area contributed by atoms with E-state index < -0.39 is 0 Å². The third-order valence-electron chi connectivity index (χ3n) is 4.38. The highest BCUT2D eigenvalue weighted by Gasteiger charge is 2.65. The SMILES string of the molecule is C1CC2CC1C1C(Nc3nn[nH]n3)C21. The summed E-state index contributed by atoms with van der Waals surface area (Å²) in [5.41, 5.74) is 0. The number of rotatable bonds is 2. The van der Waals surface area contributed by atoms with Crippen molar-refractivity contribution in [1.29, 1.82) is 0 Å². The average molecular weight is 191 g/mol. The number of tetrazole rings is 1. The number of anilines is 1. The van der Waals surface area contributed by atoms with Gasteiger partial charge in [0.05, 0.1) is 0 Å². The molecule has 74 valence electrons. The van der Waals surface area contributed by atoms with Crippen LogP contribution in [0.5, 0.6) is 0 Å². The Labute approximate surface area is 81.7 Å². The lowest BCUT2D eigenvalue weighted by Gasteiger charge is -2.07. The molecule has 0 aromatic carbocycles. The second kappa shape index (κ2) is 2.27. The molecule has 4 atom stereocenters. The molecule has 14 heavy (non-hydrogen) atoms. The Balaban J connectivity index is 1.51. The van der Waals surface area contributed by atoms with E-state index in [4.69, 9.17) is 0 Å². The fraction of sp³-hybridized carbons (Fsp3) is 0.889. The Morgan fingerprint density at radius 2 is 2.00 bits per heavy atom. The molecule has 0 amide bonds. The van der Waals surface area contributed by atoms with Crippen LogP contribution in [0.25, 0.3) is 0 Å². The summed E-state index contributed by atoms with van der Waals surface area (Å²) in [5.74, 6) is 4.51. The summed E-state index contributed by atoms with van der Waals surface area (Å²) in [6.07, 6.45) is 4.40. The van der Waals surface area contributed by atoms with Crippen LogP contribution in [-0.4, -0.2) is 26.7 Å². The Hall–Kier alpha value is -1.13. The first kappa shape index (κ1) is 7.20. The lowest BCUT2D eigenvalue weighted by Crippen LogP contribution is -2.13. The molecular weight excluding hydrogens is 178 g/mol. The molecule has 5 nitrogen and oxygen atoms in total. The average Bonchev–Trinajstić information content (AvgIpc) is 2.68. The molecule has 1 aromatic rings. The van der Waals surface area contributed by atoms with Crippen molar-refractivity contribution in [3.05, 3.63) is 0 Å². The van der Waals surface area contributed by atoms with Crippen LogP contribution in [0, 0.1) is 23.7 Å². The van der Waals surface area contributed by atoms with Crippen molar-refractivity contribution in [3.63, 3.8) is 0 Å². The Morgan fingerprint density at radius 3 is 2.64 bits per heavy atom. The maximum absolute atomic E-state index is 3.94. The minimum absolute atomic E-state index is 0.652. The molecule has 2 bridgehead atoms. The largest absolute Gasteiger partial charge is 0.348 e. The summed E-state index contributed by atoms with van der Waals surface area (Å²) >= 11 is 0. The maximum Gasteiger partial charge on any atom is 0.263 e. The number of nitrogens with zero attached hydrogens (tertiary/aromatic N) is 3. The minimum atomic E-state index is 0.652. The summed E-state index contributed by atoms with van der Waals surface area (Å²) < 4.78 is 0. The molecule has 4 rings (SSSR count). The first-order chi connectivity index (χ1) is 6.93. The van der Waals surface area contributed by atoms with Crippen LogP contribution in [0.15, 0.2) is 0 Å². The molecular formula is C9H13N5. The standard InChI is InChI=1S/C9H13N5/c1-2-5-3-4(1)6-7(5)8(6)10-9-11-13-14-12-9/h4-8H,1-3H2,(H2,10,11,12,13,14). The highest BCUT2D eigenvalue weighted by molar-refractivity contribution is 5.32. The van der Waals surface area contributed by atoms with Gasteiger partial charge in [0.1, 0.15) is 0 Å². The van der Waals surface area contributed by atoms with Crippen molar-refractivity contribution in [2.45, 2.75) is 25.3 Å². The van der Waals surface area contributed by atoms with Gasteiger partial charge in [0.25, 0.3) is 5.95 Å². The van der Waals surface area contributed by atoms with Crippen molar-refractivity contribution < 1.29 is 0 Å². The predicted octanol–water partition coefficient (Wildman–Crippen LogP) is 0.656. The summed E-state index contributed by atoms with van der Waals surface area (Å²) in [4.78, 5) is 0. The van der Waals surface area contributed by atoms with Gasteiger partial charge in [-0.2, -0.15) is 5.21 Å². The van der Waals surface area contributed by atoms with Crippen LogP contribution in [0.2, 0.25) is 0 Å². The van der Waals surface area contributed by atoms with Gasteiger partial charge >= 0.3 is 0 Å². The predicted molar refractivity (Wildman–Crippen MR) is 49.4 cm³/mol. The number of aromatic amines is 1. The van der Waals surface area contributed by atoms with E-state index in [-0.39, 0.29) is 0 Å². The molecule has 0 saturated heterocycles. The van der Waals surface area contributed by atoms with Crippen molar-refractivity contribution in [1.82, 2.24) is 20.6 Å². The van der Waals surface area contributed by atoms with E-state index in [0.29, 0.717) is 12.0 Å². The van der Waals surface area contributed by atoms with E-state index in [0.717, 1.165) is 23.7 Å². The summed E-state index contributed by atoms with van der Waals surface area (Å²) in [6, 6.07) is 0.652. The van der Waals surface area contributed by atoms with E-state index in [1.165, 1.54) is 19.3 Å². The first-order valence-corrected chi connectivity index (χ1v) is 5.43. The smallest absolute Gasteiger partial charge is 0.263 e. The molecule has 2 N–H and O–H groups in total. The van der Waals surface area contributed by atoms with Crippen molar-refractivity contribution in [2.24, 2.45) is 23.7 Å². The molecule has 3 aliphatic carbocycles. The highest BCUT2D eigenvalue weighted by Crippen LogP contribution is 2.66. The molecule has 0 aliphatic heterocycles. The number of hydrogen-bond acceptors (Lipinski definition) is 4. The second-order valence-electron chi connectivity index (χ2n) is 4.89. The fourth-order valence-electron chi connectivity index (χ4n) is 3.89. The van der Waals surface area contributed by atoms with Gasteiger partial charge in [-0.1, -0.05) is 5.10 Å². The van der Waals surface area contributed by atoms with E-state index in [1.807, 2.05) is 0 Å². The number of hydrogen-bond donors (Lipinski definition) is 2. The van der Waals surface area contributed by atoms with Gasteiger partial charge in [-0.25, -0.2) is 0 Å². The molecule has 1 aromatic heterocycles. The van der Waals surface area contributed by atoms with Crippen molar-refractivity contribution in [3.8, 4) is 0 Å². The quantitative estimate of drug-likeness (QED) is 0.720. The van der Waals surface area contributed by atoms with Crippen LogP contribution in [0.3, 0.4) is 0 Å². The molecule has 1 heterocycles. The van der Waals surface area contributed by atoms with E-state index in [1.54, 1.807) is 0 Å². The van der Waals surface area contributed by atoms with Crippen molar-refractivity contribution in [2.75, 3.05) is 5.32 Å². The molecule has 0 radical (unpaired) electrons. The Kier molecular flexibility index (Phi) is 1.17. The topological polar surface area (TPSA) is 66.5 Å². The zero-order valence-corrected chi connectivity index (χ0v) is 7.85. The monoisotopic (exact) mass is 191 g/mol. The number of nitrogens with one attached hydrogen (secondary N) is 2. The second-order valence-corrected chi connectivity index (χ2v) is 4.89. The van der Waals surface area contributed by atoms with Crippen LogP contribution >= 0.6 is 0 Å². The third kappa shape index (κ3) is 0.779. The van der Waals surface area contributed by atoms with Gasteiger partial charge in [0.2, 0.25) is 0 Å². The maximum atomic E-state index is 3.94. The lowest BCUT2D eigenvalue weighted by molar-refractivity contribution is 0.456. The number of aromatic nitrogens is 4. The van der Waals surface area contributed by atoms with E-state index >= 15 is 0 Å². The third-order valence-corrected chi connectivity index (χ3v) is 4.38. The summed E-state index contributed by atoms with van der Waals surface area (Å²) in [5, 5.41) is 17.3. The zero-order valence-electron chi connectivity index (χ0n) is 7.85. The zero-order chi connectivity index (χ0) is 9.12.